The van der Waals surface area contributed by atoms with Crippen molar-refractivity contribution in [1.82, 2.24) is 19.6 Å². The second kappa shape index (κ2) is 6.35. The third-order valence-corrected chi connectivity index (χ3v) is 4.27. The molecule has 0 aliphatic carbocycles. The lowest BCUT2D eigenvalue weighted by Gasteiger charge is -2.11. The Hall–Kier alpha value is -2.45. The van der Waals surface area contributed by atoms with Gasteiger partial charge in [-0.2, -0.15) is 5.26 Å². The SMILES string of the molecule is CCCCc1c(C)c(C#N)c2nc(-c3ccccn3)nn2c1Cl. The molecule has 0 saturated heterocycles. The smallest absolute Gasteiger partial charge is 0.200 e. The zero-order chi connectivity index (χ0) is 16.4. The first-order valence-electron chi connectivity index (χ1n) is 7.56. The maximum atomic E-state index is 9.55. The summed E-state index contributed by atoms with van der Waals surface area (Å²) in [4.78, 5) is 8.74. The molecule has 0 aromatic carbocycles. The number of fused-ring (bicyclic) bond motifs is 1. The highest BCUT2D eigenvalue weighted by Gasteiger charge is 2.19. The standard InChI is InChI=1S/C17H16ClN5/c1-3-4-7-12-11(2)13(10-19)17-21-16(22-23(17)15(12)18)14-8-5-6-9-20-14/h5-6,8-9H,3-4,7H2,1-2H3. The average Bonchev–Trinajstić information content (AvgIpc) is 3.01. The average molecular weight is 326 g/mol. The van der Waals surface area contributed by atoms with Crippen LogP contribution in [0.25, 0.3) is 17.2 Å². The van der Waals surface area contributed by atoms with Gasteiger partial charge in [0, 0.05) is 6.20 Å². The van der Waals surface area contributed by atoms with E-state index in [1.54, 1.807) is 10.7 Å². The molecule has 3 aromatic heterocycles. The first-order valence-corrected chi connectivity index (χ1v) is 7.94. The van der Waals surface area contributed by atoms with Crippen LogP contribution in [0.2, 0.25) is 5.15 Å². The van der Waals surface area contributed by atoms with Gasteiger partial charge in [0.25, 0.3) is 0 Å². The summed E-state index contributed by atoms with van der Waals surface area (Å²) < 4.78 is 1.56. The van der Waals surface area contributed by atoms with Crippen molar-refractivity contribution in [2.45, 2.75) is 33.1 Å². The van der Waals surface area contributed by atoms with E-state index in [2.05, 4.69) is 28.1 Å². The maximum Gasteiger partial charge on any atom is 0.200 e. The Morgan fingerprint density at radius 3 is 2.83 bits per heavy atom. The van der Waals surface area contributed by atoms with Crippen molar-refractivity contribution in [3.8, 4) is 17.6 Å². The van der Waals surface area contributed by atoms with Crippen LogP contribution < -0.4 is 0 Å². The van der Waals surface area contributed by atoms with E-state index in [4.69, 9.17) is 11.6 Å². The molecular weight excluding hydrogens is 310 g/mol. The van der Waals surface area contributed by atoms with Crippen molar-refractivity contribution in [3.05, 3.63) is 46.2 Å². The topological polar surface area (TPSA) is 66.9 Å². The second-order valence-electron chi connectivity index (χ2n) is 5.37. The number of unbranched alkanes of at least 4 members (excludes halogenated alkanes) is 1. The Morgan fingerprint density at radius 1 is 1.35 bits per heavy atom. The van der Waals surface area contributed by atoms with Gasteiger partial charge >= 0.3 is 0 Å². The van der Waals surface area contributed by atoms with Gasteiger partial charge < -0.3 is 0 Å². The van der Waals surface area contributed by atoms with E-state index in [1.807, 2.05) is 25.1 Å². The summed E-state index contributed by atoms with van der Waals surface area (Å²) in [6.45, 7) is 4.05. The Morgan fingerprint density at radius 2 is 2.17 bits per heavy atom. The predicted molar refractivity (Wildman–Crippen MR) is 89.3 cm³/mol. The van der Waals surface area contributed by atoms with Gasteiger partial charge in [0.1, 0.15) is 22.5 Å². The lowest BCUT2D eigenvalue weighted by Crippen LogP contribution is -2.03. The maximum absolute atomic E-state index is 9.55. The van der Waals surface area contributed by atoms with E-state index in [0.29, 0.717) is 27.9 Å². The monoisotopic (exact) mass is 325 g/mol. The van der Waals surface area contributed by atoms with Gasteiger partial charge in [-0.1, -0.05) is 31.0 Å². The van der Waals surface area contributed by atoms with Crippen LogP contribution in [0.4, 0.5) is 0 Å². The molecule has 5 nitrogen and oxygen atoms in total. The van der Waals surface area contributed by atoms with E-state index < -0.39 is 0 Å². The minimum absolute atomic E-state index is 0.469. The summed E-state index contributed by atoms with van der Waals surface area (Å²) in [5.41, 5.74) is 3.52. The molecule has 116 valence electrons. The number of aromatic nitrogens is 4. The molecule has 0 bridgehead atoms. The minimum Gasteiger partial charge on any atom is -0.253 e. The van der Waals surface area contributed by atoms with Crippen molar-refractivity contribution in [2.75, 3.05) is 0 Å². The zero-order valence-corrected chi connectivity index (χ0v) is 13.8. The number of nitrogens with zero attached hydrogens (tertiary/aromatic N) is 5. The van der Waals surface area contributed by atoms with Crippen LogP contribution in [0.15, 0.2) is 24.4 Å². The van der Waals surface area contributed by atoms with Gasteiger partial charge in [0.15, 0.2) is 5.65 Å². The fourth-order valence-electron chi connectivity index (χ4n) is 2.59. The summed E-state index contributed by atoms with van der Waals surface area (Å²) in [6.07, 6.45) is 4.58. The Kier molecular flexibility index (Phi) is 4.26. The van der Waals surface area contributed by atoms with Crippen molar-refractivity contribution in [1.29, 1.82) is 5.26 Å². The fourth-order valence-corrected chi connectivity index (χ4v) is 2.95. The Balaban J connectivity index is 2.25. The lowest BCUT2D eigenvalue weighted by atomic mass is 10.0. The van der Waals surface area contributed by atoms with Gasteiger partial charge in [-0.15, -0.1) is 5.10 Å². The van der Waals surface area contributed by atoms with Crippen molar-refractivity contribution >= 4 is 17.2 Å². The first kappa shape index (κ1) is 15.4. The first-order chi connectivity index (χ1) is 11.2. The van der Waals surface area contributed by atoms with Crippen LogP contribution in [-0.2, 0) is 6.42 Å². The van der Waals surface area contributed by atoms with Gasteiger partial charge in [-0.05, 0) is 43.0 Å². The number of hydrogen-bond donors (Lipinski definition) is 0. The van der Waals surface area contributed by atoms with Crippen molar-refractivity contribution < 1.29 is 0 Å². The van der Waals surface area contributed by atoms with Crippen molar-refractivity contribution in [3.63, 3.8) is 0 Å². The molecular formula is C17H16ClN5. The second-order valence-corrected chi connectivity index (χ2v) is 5.73. The van der Waals surface area contributed by atoms with Crippen molar-refractivity contribution in [2.24, 2.45) is 0 Å². The quantitative estimate of drug-likeness (QED) is 0.681. The van der Waals surface area contributed by atoms with Gasteiger partial charge in [-0.25, -0.2) is 9.50 Å². The van der Waals surface area contributed by atoms with Gasteiger partial charge in [0.05, 0.1) is 0 Å². The largest absolute Gasteiger partial charge is 0.253 e. The minimum atomic E-state index is 0.469. The number of halogens is 1. The molecule has 0 saturated carbocycles. The molecule has 23 heavy (non-hydrogen) atoms. The van der Waals surface area contributed by atoms with Gasteiger partial charge in [0.2, 0.25) is 5.82 Å². The highest BCUT2D eigenvalue weighted by molar-refractivity contribution is 6.30. The molecule has 3 rings (SSSR count). The summed E-state index contributed by atoms with van der Waals surface area (Å²) in [7, 11) is 0. The molecule has 3 aromatic rings. The molecule has 0 N–H and O–H groups in total. The van der Waals surface area contributed by atoms with Crippen LogP contribution in [0, 0.1) is 18.3 Å². The number of nitriles is 1. The Labute approximate surface area is 139 Å². The third-order valence-electron chi connectivity index (χ3n) is 3.88. The molecule has 0 atom stereocenters. The summed E-state index contributed by atoms with van der Waals surface area (Å²) >= 11 is 6.54. The molecule has 0 radical (unpaired) electrons. The van der Waals surface area contributed by atoms with E-state index >= 15 is 0 Å². The third kappa shape index (κ3) is 2.66. The van der Waals surface area contributed by atoms with Crippen LogP contribution >= 0.6 is 11.6 Å². The number of pyridine rings is 2. The summed E-state index contributed by atoms with van der Waals surface area (Å²) in [6, 6.07) is 7.78. The summed E-state index contributed by atoms with van der Waals surface area (Å²) in [5, 5.41) is 14.5. The number of hydrogen-bond acceptors (Lipinski definition) is 4. The van der Waals surface area contributed by atoms with E-state index in [1.165, 1.54) is 0 Å². The molecule has 3 heterocycles. The van der Waals surface area contributed by atoms with Crippen LogP contribution in [0.3, 0.4) is 0 Å². The molecule has 0 aliphatic rings. The van der Waals surface area contributed by atoms with E-state index in [9.17, 15) is 5.26 Å². The highest BCUT2D eigenvalue weighted by atomic mass is 35.5. The highest BCUT2D eigenvalue weighted by Crippen LogP contribution is 2.28. The van der Waals surface area contributed by atoms with Gasteiger partial charge in [-0.3, -0.25) is 4.98 Å². The fraction of sp³-hybridized carbons (Fsp3) is 0.294. The molecule has 0 amide bonds. The molecule has 0 spiro atoms. The predicted octanol–water partition coefficient (Wildman–Crippen LogP) is 3.97. The molecule has 0 aliphatic heterocycles. The van der Waals surface area contributed by atoms with E-state index in [-0.39, 0.29) is 0 Å². The molecule has 0 unspecified atom stereocenters. The molecule has 6 heteroatoms. The zero-order valence-electron chi connectivity index (χ0n) is 13.0. The summed E-state index contributed by atoms with van der Waals surface area (Å²) in [5.74, 6) is 0.469. The van der Waals surface area contributed by atoms with Crippen LogP contribution in [-0.4, -0.2) is 19.6 Å². The normalized spacial score (nSPS) is 10.9. The Bertz CT molecular complexity index is 893. The van der Waals surface area contributed by atoms with Crippen LogP contribution in [0.1, 0.15) is 36.5 Å². The lowest BCUT2D eigenvalue weighted by molar-refractivity contribution is 0.781. The van der Waals surface area contributed by atoms with Crippen LogP contribution in [0.5, 0.6) is 0 Å². The molecule has 0 fully saturated rings. The van der Waals surface area contributed by atoms with E-state index in [0.717, 1.165) is 30.4 Å². The number of rotatable bonds is 4.